The molecule has 0 saturated heterocycles. The van der Waals surface area contributed by atoms with E-state index in [1.54, 1.807) is 18.2 Å². The van der Waals surface area contributed by atoms with Gasteiger partial charge in [-0.3, -0.25) is 4.79 Å². The van der Waals surface area contributed by atoms with Crippen molar-refractivity contribution >= 4 is 39.4 Å². The molecule has 28 heavy (non-hydrogen) atoms. The minimum absolute atomic E-state index is 0.248. The van der Waals surface area contributed by atoms with E-state index in [-0.39, 0.29) is 5.91 Å². The Labute approximate surface area is 165 Å². The first-order valence-electron chi connectivity index (χ1n) is 8.71. The van der Waals surface area contributed by atoms with Gasteiger partial charge < -0.3 is 0 Å². The minimum atomic E-state index is -0.248. The van der Waals surface area contributed by atoms with Crippen molar-refractivity contribution in [2.24, 2.45) is 0 Å². The zero-order valence-electron chi connectivity index (χ0n) is 14.6. The summed E-state index contributed by atoms with van der Waals surface area (Å²) in [6, 6.07) is 24.1. The van der Waals surface area contributed by atoms with E-state index in [0.29, 0.717) is 27.3 Å². The van der Waals surface area contributed by atoms with Crippen molar-refractivity contribution in [2.75, 3.05) is 0 Å². The Morgan fingerprint density at radius 2 is 1.57 bits per heavy atom. The van der Waals surface area contributed by atoms with Crippen molar-refractivity contribution < 1.29 is 4.79 Å². The highest BCUT2D eigenvalue weighted by Gasteiger charge is 2.18. The third-order valence-electron chi connectivity index (χ3n) is 4.63. The zero-order valence-corrected chi connectivity index (χ0v) is 15.3. The number of aromatic nitrogens is 4. The van der Waals surface area contributed by atoms with E-state index >= 15 is 0 Å². The first kappa shape index (κ1) is 16.6. The van der Waals surface area contributed by atoms with E-state index in [9.17, 15) is 4.79 Å². The molecule has 3 aromatic carbocycles. The molecular weight excluding hydrogens is 372 g/mol. The van der Waals surface area contributed by atoms with Crippen LogP contribution in [0, 0.1) is 0 Å². The second-order valence-corrected chi connectivity index (χ2v) is 6.81. The Morgan fingerprint density at radius 1 is 0.857 bits per heavy atom. The van der Waals surface area contributed by atoms with Crippen LogP contribution in [0.1, 0.15) is 10.4 Å². The molecule has 0 N–H and O–H groups in total. The van der Waals surface area contributed by atoms with Crippen LogP contribution < -0.4 is 0 Å². The Hall–Kier alpha value is -3.57. The van der Waals surface area contributed by atoms with E-state index < -0.39 is 0 Å². The van der Waals surface area contributed by atoms with Gasteiger partial charge in [-0.25, -0.2) is 4.98 Å². The van der Waals surface area contributed by atoms with Gasteiger partial charge in [-0.2, -0.15) is 4.68 Å². The summed E-state index contributed by atoms with van der Waals surface area (Å²) in [6.45, 7) is 0. The van der Waals surface area contributed by atoms with Gasteiger partial charge in [-0.1, -0.05) is 59.3 Å². The largest absolute Gasteiger partial charge is 0.280 e. The van der Waals surface area contributed by atoms with Gasteiger partial charge in [0.2, 0.25) is 0 Å². The van der Waals surface area contributed by atoms with Crippen molar-refractivity contribution in [3.8, 4) is 11.3 Å². The summed E-state index contributed by atoms with van der Waals surface area (Å²) in [5.41, 5.74) is 4.18. The smallest absolute Gasteiger partial charge is 0.267 e. The molecule has 0 unspecified atom stereocenters. The number of benzene rings is 3. The molecule has 0 aliphatic heterocycles. The Morgan fingerprint density at radius 3 is 2.39 bits per heavy atom. The highest BCUT2D eigenvalue weighted by Crippen LogP contribution is 2.27. The van der Waals surface area contributed by atoms with Crippen LogP contribution in [0.25, 0.3) is 33.2 Å². The van der Waals surface area contributed by atoms with E-state index in [2.05, 4.69) is 10.3 Å². The summed E-state index contributed by atoms with van der Waals surface area (Å²) < 4.78 is 1.34. The number of hydrogen-bond donors (Lipinski definition) is 0. The maximum absolute atomic E-state index is 13.4. The van der Waals surface area contributed by atoms with Crippen LogP contribution in [-0.2, 0) is 0 Å². The third-order valence-corrected chi connectivity index (χ3v) is 4.88. The van der Waals surface area contributed by atoms with E-state index in [0.717, 1.165) is 16.5 Å². The third kappa shape index (κ3) is 2.73. The molecule has 0 fully saturated rings. The van der Waals surface area contributed by atoms with Crippen molar-refractivity contribution in [3.63, 3.8) is 0 Å². The molecule has 0 spiro atoms. The molecule has 0 aliphatic carbocycles. The van der Waals surface area contributed by atoms with Crippen molar-refractivity contribution in [1.82, 2.24) is 20.0 Å². The quantitative estimate of drug-likeness (QED) is 0.430. The van der Waals surface area contributed by atoms with Gasteiger partial charge >= 0.3 is 0 Å². The number of nitrogens with zero attached hydrogens (tertiary/aromatic N) is 4. The van der Waals surface area contributed by atoms with Crippen LogP contribution in [-0.4, -0.2) is 25.9 Å². The molecule has 6 heteroatoms. The summed E-state index contributed by atoms with van der Waals surface area (Å²) in [5.74, 6) is -0.248. The van der Waals surface area contributed by atoms with Crippen LogP contribution in [0.3, 0.4) is 0 Å². The van der Waals surface area contributed by atoms with Gasteiger partial charge in [0.05, 0.1) is 22.3 Å². The lowest BCUT2D eigenvalue weighted by molar-refractivity contribution is 0.0949. The number of carbonyl (C=O) groups is 1. The summed E-state index contributed by atoms with van der Waals surface area (Å²) >= 11 is 6.01. The van der Waals surface area contributed by atoms with E-state index in [1.165, 1.54) is 4.68 Å². The highest BCUT2D eigenvalue weighted by molar-refractivity contribution is 6.30. The van der Waals surface area contributed by atoms with Gasteiger partial charge in [0.25, 0.3) is 5.91 Å². The minimum Gasteiger partial charge on any atom is -0.267 e. The zero-order chi connectivity index (χ0) is 19.1. The summed E-state index contributed by atoms with van der Waals surface area (Å²) in [5, 5.41) is 9.59. The van der Waals surface area contributed by atoms with Crippen molar-refractivity contribution in [3.05, 3.63) is 89.4 Å². The van der Waals surface area contributed by atoms with Crippen LogP contribution in [0.2, 0.25) is 5.02 Å². The summed E-state index contributed by atoms with van der Waals surface area (Å²) in [6.07, 6.45) is 0. The number of halogens is 1. The van der Waals surface area contributed by atoms with Gasteiger partial charge in [-0.15, -0.1) is 5.10 Å². The molecule has 0 amide bonds. The standard InChI is InChI=1S/C22H13ClN4O/c23-15-11-9-14(10-12-15)20-13-17(16-5-1-2-6-18(16)24-20)22(28)27-21-8-4-3-7-19(21)25-26-27/h1-13H. The molecule has 134 valence electrons. The van der Waals surface area contributed by atoms with Crippen LogP contribution in [0.15, 0.2) is 78.9 Å². The number of hydrogen-bond acceptors (Lipinski definition) is 4. The maximum Gasteiger partial charge on any atom is 0.280 e. The Balaban J connectivity index is 1.73. The number of rotatable bonds is 2. The number of para-hydroxylation sites is 2. The van der Waals surface area contributed by atoms with Gasteiger partial charge in [0.15, 0.2) is 0 Å². The second-order valence-electron chi connectivity index (χ2n) is 6.37. The molecule has 0 aliphatic rings. The van der Waals surface area contributed by atoms with Crippen LogP contribution >= 0.6 is 11.6 Å². The van der Waals surface area contributed by atoms with Crippen molar-refractivity contribution in [1.29, 1.82) is 0 Å². The maximum atomic E-state index is 13.4. The topological polar surface area (TPSA) is 60.7 Å². The number of fused-ring (bicyclic) bond motifs is 2. The number of carbonyl (C=O) groups excluding carboxylic acids is 1. The molecule has 5 rings (SSSR count). The molecule has 5 nitrogen and oxygen atoms in total. The SMILES string of the molecule is O=C(c1cc(-c2ccc(Cl)cc2)nc2ccccc12)n1nnc2ccccc21. The lowest BCUT2D eigenvalue weighted by Gasteiger charge is -2.09. The molecular formula is C22H13ClN4O. The molecule has 2 heterocycles. The predicted octanol–water partition coefficient (Wildman–Crippen LogP) is 4.99. The highest BCUT2D eigenvalue weighted by atomic mass is 35.5. The predicted molar refractivity (Wildman–Crippen MR) is 109 cm³/mol. The average molecular weight is 385 g/mol. The lowest BCUT2D eigenvalue weighted by atomic mass is 10.0. The molecule has 0 saturated carbocycles. The lowest BCUT2D eigenvalue weighted by Crippen LogP contribution is -2.14. The number of pyridine rings is 1. The fourth-order valence-corrected chi connectivity index (χ4v) is 3.38. The van der Waals surface area contributed by atoms with Crippen molar-refractivity contribution in [2.45, 2.75) is 0 Å². The Bertz CT molecular complexity index is 1340. The average Bonchev–Trinajstić information content (AvgIpc) is 3.17. The van der Waals surface area contributed by atoms with Crippen LogP contribution in [0.5, 0.6) is 0 Å². The summed E-state index contributed by atoms with van der Waals surface area (Å²) in [7, 11) is 0. The van der Waals surface area contributed by atoms with Gasteiger partial charge in [0.1, 0.15) is 5.52 Å². The van der Waals surface area contributed by atoms with E-state index in [1.807, 2.05) is 60.7 Å². The van der Waals surface area contributed by atoms with Gasteiger partial charge in [-0.05, 0) is 36.4 Å². The first-order valence-corrected chi connectivity index (χ1v) is 9.09. The molecule has 0 bridgehead atoms. The van der Waals surface area contributed by atoms with Gasteiger partial charge in [0, 0.05) is 16.0 Å². The molecule has 0 atom stereocenters. The molecule has 5 aromatic rings. The molecule has 0 radical (unpaired) electrons. The molecule has 2 aromatic heterocycles. The van der Waals surface area contributed by atoms with Crippen LogP contribution in [0.4, 0.5) is 0 Å². The first-order chi connectivity index (χ1) is 13.7. The van der Waals surface area contributed by atoms with E-state index in [4.69, 9.17) is 16.6 Å². The fourth-order valence-electron chi connectivity index (χ4n) is 3.25. The fraction of sp³-hybridized carbons (Fsp3) is 0. The monoisotopic (exact) mass is 384 g/mol. The Kier molecular flexibility index (Phi) is 3.88. The second kappa shape index (κ2) is 6.55. The summed E-state index contributed by atoms with van der Waals surface area (Å²) in [4.78, 5) is 18.1. The normalized spacial score (nSPS) is 11.2.